The number of amides is 3. The van der Waals surface area contributed by atoms with E-state index in [1.54, 1.807) is 31.4 Å². The Morgan fingerprint density at radius 3 is 2.61 bits per heavy atom. The smallest absolute Gasteiger partial charge is 0.328 e. The number of nitrogens with one attached hydrogen (secondary N) is 3. The van der Waals surface area contributed by atoms with Crippen LogP contribution in [0.3, 0.4) is 0 Å². The summed E-state index contributed by atoms with van der Waals surface area (Å²) in [5.74, 6) is -2.08. The van der Waals surface area contributed by atoms with E-state index in [1.807, 2.05) is 31.2 Å². The van der Waals surface area contributed by atoms with Crippen LogP contribution in [0.1, 0.15) is 22.5 Å². The van der Waals surface area contributed by atoms with Gasteiger partial charge in [0.15, 0.2) is 0 Å². The molecule has 0 spiro atoms. The van der Waals surface area contributed by atoms with E-state index in [0.717, 1.165) is 15.4 Å². The van der Waals surface area contributed by atoms with Crippen molar-refractivity contribution in [2.24, 2.45) is 0 Å². The van der Waals surface area contributed by atoms with Crippen molar-refractivity contribution in [1.82, 2.24) is 9.99 Å². The lowest BCUT2D eigenvalue weighted by Gasteiger charge is -2.13. The first-order valence-electron chi connectivity index (χ1n) is 9.66. The normalized spacial score (nSPS) is 10.7. The molecule has 0 bridgehead atoms. The molecule has 3 rings (SSSR count). The number of hydrogen-bond donors (Lipinski definition) is 3. The maximum atomic E-state index is 13.0. The van der Waals surface area contributed by atoms with Gasteiger partial charge >= 0.3 is 11.8 Å². The standard InChI is InChI=1S/C22H23BrN4O4/c1-14-5-3-6-17(11-14)25-20(28)19-13-15-12-16(23)7-8-18(15)27(19)26-22(30)21(29)24-9-4-10-31-2/h3,5-8,11-13H,4,9-10H2,1-2H3,(H,24,29)(H,25,28)(H,26,30). The maximum Gasteiger partial charge on any atom is 0.328 e. The third-order valence-electron chi connectivity index (χ3n) is 4.50. The molecule has 3 amide bonds. The molecule has 162 valence electrons. The number of aromatic nitrogens is 1. The van der Waals surface area contributed by atoms with E-state index in [4.69, 9.17) is 4.74 Å². The number of anilines is 1. The Labute approximate surface area is 188 Å². The summed E-state index contributed by atoms with van der Waals surface area (Å²) in [4.78, 5) is 37.6. The number of carbonyl (C=O) groups excluding carboxylic acids is 3. The van der Waals surface area contributed by atoms with Crippen molar-refractivity contribution in [2.75, 3.05) is 31.0 Å². The highest BCUT2D eigenvalue weighted by Gasteiger charge is 2.21. The average molecular weight is 487 g/mol. The summed E-state index contributed by atoms with van der Waals surface area (Å²) in [6.07, 6.45) is 0.583. The summed E-state index contributed by atoms with van der Waals surface area (Å²) in [7, 11) is 1.56. The lowest BCUT2D eigenvalue weighted by Crippen LogP contribution is -2.40. The highest BCUT2D eigenvalue weighted by atomic mass is 79.9. The molecule has 1 aromatic heterocycles. The molecule has 0 aliphatic rings. The number of carbonyl (C=O) groups is 3. The van der Waals surface area contributed by atoms with Gasteiger partial charge in [0.05, 0.1) is 5.52 Å². The van der Waals surface area contributed by atoms with Crippen molar-refractivity contribution in [2.45, 2.75) is 13.3 Å². The summed E-state index contributed by atoms with van der Waals surface area (Å²) in [5, 5.41) is 6.08. The van der Waals surface area contributed by atoms with Crippen LogP contribution in [0.5, 0.6) is 0 Å². The zero-order chi connectivity index (χ0) is 22.4. The van der Waals surface area contributed by atoms with Crippen molar-refractivity contribution in [3.8, 4) is 0 Å². The molecule has 31 heavy (non-hydrogen) atoms. The van der Waals surface area contributed by atoms with E-state index in [0.29, 0.717) is 30.8 Å². The second-order valence-electron chi connectivity index (χ2n) is 6.93. The second-order valence-corrected chi connectivity index (χ2v) is 7.85. The molecule has 1 heterocycles. The molecule has 3 N–H and O–H groups in total. The molecular formula is C22H23BrN4O4. The van der Waals surface area contributed by atoms with Crippen LogP contribution in [0.2, 0.25) is 0 Å². The first kappa shape index (κ1) is 22.5. The Bertz CT molecular complexity index is 1130. The summed E-state index contributed by atoms with van der Waals surface area (Å²) in [6.45, 7) is 2.71. The summed E-state index contributed by atoms with van der Waals surface area (Å²) in [5.41, 5.74) is 4.93. The Balaban J connectivity index is 1.85. The highest BCUT2D eigenvalue weighted by molar-refractivity contribution is 9.10. The number of hydrogen-bond acceptors (Lipinski definition) is 4. The Morgan fingerprint density at radius 2 is 1.87 bits per heavy atom. The van der Waals surface area contributed by atoms with Crippen molar-refractivity contribution in [1.29, 1.82) is 0 Å². The first-order chi connectivity index (χ1) is 14.9. The second kappa shape index (κ2) is 10.2. The van der Waals surface area contributed by atoms with Gasteiger partial charge in [0.1, 0.15) is 5.69 Å². The van der Waals surface area contributed by atoms with Crippen molar-refractivity contribution in [3.05, 3.63) is 64.3 Å². The Kier molecular flexibility index (Phi) is 7.43. The van der Waals surface area contributed by atoms with Gasteiger partial charge in [-0.3, -0.25) is 19.8 Å². The van der Waals surface area contributed by atoms with Crippen LogP contribution in [-0.2, 0) is 14.3 Å². The molecule has 0 saturated heterocycles. The maximum absolute atomic E-state index is 13.0. The minimum atomic E-state index is -0.873. The van der Waals surface area contributed by atoms with Crippen LogP contribution in [0.15, 0.2) is 53.0 Å². The number of methoxy groups -OCH3 is 1. The van der Waals surface area contributed by atoms with Crippen LogP contribution in [0.4, 0.5) is 5.69 Å². The number of aryl methyl sites for hydroxylation is 1. The van der Waals surface area contributed by atoms with Crippen LogP contribution in [0.25, 0.3) is 10.9 Å². The number of rotatable bonds is 7. The minimum Gasteiger partial charge on any atom is -0.385 e. The van der Waals surface area contributed by atoms with E-state index >= 15 is 0 Å². The van der Waals surface area contributed by atoms with Gasteiger partial charge in [0.2, 0.25) is 0 Å². The topological polar surface area (TPSA) is 101 Å². The Hall–Kier alpha value is -3.17. The van der Waals surface area contributed by atoms with Crippen molar-refractivity contribution >= 4 is 50.2 Å². The molecule has 0 radical (unpaired) electrons. The van der Waals surface area contributed by atoms with Gasteiger partial charge in [-0.15, -0.1) is 0 Å². The van der Waals surface area contributed by atoms with E-state index in [2.05, 4.69) is 32.0 Å². The van der Waals surface area contributed by atoms with Crippen LogP contribution in [-0.4, -0.2) is 42.7 Å². The first-order valence-corrected chi connectivity index (χ1v) is 10.5. The van der Waals surface area contributed by atoms with Gasteiger partial charge in [0, 0.05) is 35.8 Å². The van der Waals surface area contributed by atoms with Crippen LogP contribution in [0, 0.1) is 6.92 Å². The summed E-state index contributed by atoms with van der Waals surface area (Å²) >= 11 is 3.41. The zero-order valence-electron chi connectivity index (χ0n) is 17.2. The van der Waals surface area contributed by atoms with E-state index < -0.39 is 17.7 Å². The fraction of sp³-hybridized carbons (Fsp3) is 0.227. The van der Waals surface area contributed by atoms with Gasteiger partial charge in [-0.2, -0.15) is 0 Å². The Morgan fingerprint density at radius 1 is 1.06 bits per heavy atom. The lowest BCUT2D eigenvalue weighted by atomic mass is 10.2. The van der Waals surface area contributed by atoms with E-state index in [-0.39, 0.29) is 5.69 Å². The molecule has 2 aromatic carbocycles. The van der Waals surface area contributed by atoms with Gasteiger partial charge in [-0.05, 0) is 55.3 Å². The number of nitrogens with zero attached hydrogens (tertiary/aromatic N) is 1. The molecule has 0 atom stereocenters. The van der Waals surface area contributed by atoms with Gasteiger partial charge in [-0.1, -0.05) is 28.1 Å². The van der Waals surface area contributed by atoms with Crippen molar-refractivity contribution < 1.29 is 19.1 Å². The van der Waals surface area contributed by atoms with Crippen molar-refractivity contribution in [3.63, 3.8) is 0 Å². The fourth-order valence-electron chi connectivity index (χ4n) is 3.04. The largest absolute Gasteiger partial charge is 0.385 e. The minimum absolute atomic E-state index is 0.190. The molecule has 0 unspecified atom stereocenters. The molecule has 0 fully saturated rings. The molecule has 0 aliphatic carbocycles. The molecule has 3 aromatic rings. The predicted molar refractivity (Wildman–Crippen MR) is 123 cm³/mol. The summed E-state index contributed by atoms with van der Waals surface area (Å²) in [6, 6.07) is 14.4. The lowest BCUT2D eigenvalue weighted by molar-refractivity contribution is -0.136. The molecule has 9 heteroatoms. The third-order valence-corrected chi connectivity index (χ3v) is 5.00. The number of benzene rings is 2. The fourth-order valence-corrected chi connectivity index (χ4v) is 3.42. The molecule has 0 aliphatic heterocycles. The number of halogens is 1. The van der Waals surface area contributed by atoms with Gasteiger partial charge in [0.25, 0.3) is 5.91 Å². The SMILES string of the molecule is COCCCNC(=O)C(=O)Nn1c(C(=O)Nc2cccc(C)c2)cc2cc(Br)ccc21. The highest BCUT2D eigenvalue weighted by Crippen LogP contribution is 2.24. The predicted octanol–water partition coefficient (Wildman–Crippen LogP) is 3.19. The van der Waals surface area contributed by atoms with E-state index in [9.17, 15) is 14.4 Å². The van der Waals surface area contributed by atoms with Crippen LogP contribution >= 0.6 is 15.9 Å². The van der Waals surface area contributed by atoms with Gasteiger partial charge < -0.3 is 15.4 Å². The number of fused-ring (bicyclic) bond motifs is 1. The molecule has 8 nitrogen and oxygen atoms in total. The monoisotopic (exact) mass is 486 g/mol. The van der Waals surface area contributed by atoms with Gasteiger partial charge in [-0.25, -0.2) is 4.68 Å². The van der Waals surface area contributed by atoms with E-state index in [1.165, 1.54) is 4.68 Å². The average Bonchev–Trinajstić information content (AvgIpc) is 3.08. The zero-order valence-corrected chi connectivity index (χ0v) is 18.8. The third kappa shape index (κ3) is 5.71. The molecule has 0 saturated carbocycles. The van der Waals surface area contributed by atoms with Crippen LogP contribution < -0.4 is 16.1 Å². The quantitative estimate of drug-likeness (QED) is 0.352. The molecular weight excluding hydrogens is 464 g/mol. The summed E-state index contributed by atoms with van der Waals surface area (Å²) < 4.78 is 7.07. The number of ether oxygens (including phenoxy) is 1.